The molecular weight excluding hydrogens is 378 g/mol. The van der Waals surface area contributed by atoms with Crippen LogP contribution in [0.25, 0.3) is 0 Å². The first kappa shape index (κ1) is 22.4. The van der Waals surface area contributed by atoms with Crippen molar-refractivity contribution in [2.24, 2.45) is 0 Å². The number of amides is 1. The molecule has 0 fully saturated rings. The lowest BCUT2D eigenvalue weighted by atomic mass is 10.1. The number of para-hydroxylation sites is 1. The SMILES string of the molecule is CC(=O)OC[C@H]1OC(N(C(=O)OC(C)(C)C)c2ccccc2)C=C[C@@H]1OC(C)=O. The van der Waals surface area contributed by atoms with Gasteiger partial charge in [0.1, 0.15) is 24.4 Å². The molecule has 2 rings (SSSR count). The minimum Gasteiger partial charge on any atom is -0.463 e. The summed E-state index contributed by atoms with van der Waals surface area (Å²) in [5, 5.41) is 0. The second-order valence-corrected chi connectivity index (χ2v) is 7.51. The highest BCUT2D eigenvalue weighted by Crippen LogP contribution is 2.26. The van der Waals surface area contributed by atoms with Gasteiger partial charge < -0.3 is 18.9 Å². The molecule has 8 heteroatoms. The molecule has 0 radical (unpaired) electrons. The van der Waals surface area contributed by atoms with Crippen molar-refractivity contribution in [3.8, 4) is 0 Å². The van der Waals surface area contributed by atoms with Gasteiger partial charge in [0.15, 0.2) is 6.23 Å². The molecule has 0 aromatic heterocycles. The summed E-state index contributed by atoms with van der Waals surface area (Å²) < 4.78 is 21.8. The average molecular weight is 405 g/mol. The van der Waals surface area contributed by atoms with Crippen molar-refractivity contribution in [3.05, 3.63) is 42.5 Å². The number of hydrogen-bond donors (Lipinski definition) is 0. The summed E-state index contributed by atoms with van der Waals surface area (Å²) in [6.45, 7) is 7.72. The van der Waals surface area contributed by atoms with E-state index in [-0.39, 0.29) is 6.61 Å². The van der Waals surface area contributed by atoms with Crippen LogP contribution < -0.4 is 4.90 Å². The summed E-state index contributed by atoms with van der Waals surface area (Å²) in [7, 11) is 0. The van der Waals surface area contributed by atoms with E-state index in [9.17, 15) is 14.4 Å². The lowest BCUT2D eigenvalue weighted by molar-refractivity contribution is -0.163. The van der Waals surface area contributed by atoms with Crippen molar-refractivity contribution in [2.45, 2.75) is 58.7 Å². The summed E-state index contributed by atoms with van der Waals surface area (Å²) >= 11 is 0. The maximum absolute atomic E-state index is 12.9. The van der Waals surface area contributed by atoms with Gasteiger partial charge in [-0.1, -0.05) is 18.2 Å². The van der Waals surface area contributed by atoms with Gasteiger partial charge in [0.25, 0.3) is 0 Å². The van der Waals surface area contributed by atoms with Crippen LogP contribution in [-0.4, -0.2) is 48.7 Å². The van der Waals surface area contributed by atoms with Crippen LogP contribution in [0.1, 0.15) is 34.6 Å². The first-order valence-electron chi connectivity index (χ1n) is 9.28. The molecule has 29 heavy (non-hydrogen) atoms. The molecule has 1 unspecified atom stereocenters. The van der Waals surface area contributed by atoms with E-state index in [1.165, 1.54) is 18.7 Å². The Balaban J connectivity index is 2.32. The molecule has 1 aromatic carbocycles. The molecule has 0 saturated heterocycles. The summed E-state index contributed by atoms with van der Waals surface area (Å²) in [4.78, 5) is 36.9. The molecule has 0 spiro atoms. The molecule has 0 aliphatic carbocycles. The third-order valence-corrected chi connectivity index (χ3v) is 3.78. The van der Waals surface area contributed by atoms with Crippen LogP contribution in [0.5, 0.6) is 0 Å². The molecule has 0 bridgehead atoms. The Morgan fingerprint density at radius 2 is 1.69 bits per heavy atom. The Hall–Kier alpha value is -2.87. The van der Waals surface area contributed by atoms with Gasteiger partial charge >= 0.3 is 18.0 Å². The Labute approximate surface area is 170 Å². The van der Waals surface area contributed by atoms with Crippen LogP contribution in [0, 0.1) is 0 Å². The molecular formula is C21H27NO7. The Bertz CT molecular complexity index is 754. The molecule has 3 atom stereocenters. The van der Waals surface area contributed by atoms with E-state index in [0.29, 0.717) is 5.69 Å². The Kier molecular flexibility index (Phi) is 7.39. The van der Waals surface area contributed by atoms with E-state index in [0.717, 1.165) is 0 Å². The minimum absolute atomic E-state index is 0.134. The Morgan fingerprint density at radius 3 is 2.24 bits per heavy atom. The van der Waals surface area contributed by atoms with E-state index >= 15 is 0 Å². The fourth-order valence-corrected chi connectivity index (χ4v) is 2.67. The lowest BCUT2D eigenvalue weighted by Gasteiger charge is -2.37. The van der Waals surface area contributed by atoms with Gasteiger partial charge in [0, 0.05) is 13.8 Å². The Morgan fingerprint density at radius 1 is 1.03 bits per heavy atom. The van der Waals surface area contributed by atoms with E-state index in [1.807, 2.05) is 6.07 Å². The number of benzene rings is 1. The van der Waals surface area contributed by atoms with Crippen LogP contribution in [0.3, 0.4) is 0 Å². The molecule has 0 N–H and O–H groups in total. The molecule has 0 saturated carbocycles. The van der Waals surface area contributed by atoms with Crippen LogP contribution in [0.15, 0.2) is 42.5 Å². The van der Waals surface area contributed by atoms with Crippen LogP contribution in [-0.2, 0) is 28.5 Å². The third-order valence-electron chi connectivity index (χ3n) is 3.78. The van der Waals surface area contributed by atoms with Gasteiger partial charge in [-0.15, -0.1) is 0 Å². The normalized spacial score (nSPS) is 21.2. The number of carbonyl (C=O) groups is 3. The zero-order valence-corrected chi connectivity index (χ0v) is 17.3. The first-order chi connectivity index (χ1) is 13.6. The van der Waals surface area contributed by atoms with Crippen molar-refractivity contribution in [1.82, 2.24) is 0 Å². The average Bonchev–Trinajstić information content (AvgIpc) is 2.60. The molecule has 8 nitrogen and oxygen atoms in total. The van der Waals surface area contributed by atoms with Crippen molar-refractivity contribution >= 4 is 23.7 Å². The standard InChI is InChI=1S/C21H27NO7/c1-14(23)26-13-18-17(27-15(2)24)11-12-19(28-18)22(16-9-7-6-8-10-16)20(25)29-21(3,4)5/h6-12,17-19H,13H2,1-5H3/t17-,18+,19?/m0/s1. The minimum atomic E-state index is -0.848. The number of carbonyl (C=O) groups excluding carboxylic acids is 3. The highest BCUT2D eigenvalue weighted by Gasteiger charge is 2.37. The molecule has 158 valence electrons. The van der Waals surface area contributed by atoms with Gasteiger partial charge in [-0.05, 0) is 45.1 Å². The highest BCUT2D eigenvalue weighted by molar-refractivity contribution is 5.88. The quantitative estimate of drug-likeness (QED) is 0.422. The van der Waals surface area contributed by atoms with Gasteiger partial charge in [0.05, 0.1) is 5.69 Å². The van der Waals surface area contributed by atoms with E-state index in [4.69, 9.17) is 18.9 Å². The van der Waals surface area contributed by atoms with Gasteiger partial charge in [-0.2, -0.15) is 0 Å². The van der Waals surface area contributed by atoms with Crippen LogP contribution in [0.2, 0.25) is 0 Å². The van der Waals surface area contributed by atoms with Crippen LogP contribution in [0.4, 0.5) is 10.5 Å². The molecule has 1 aromatic rings. The predicted octanol–water partition coefficient (Wildman–Crippen LogP) is 3.20. The molecule has 1 amide bonds. The monoisotopic (exact) mass is 405 g/mol. The van der Waals surface area contributed by atoms with Crippen molar-refractivity contribution < 1.29 is 33.3 Å². The van der Waals surface area contributed by atoms with E-state index in [1.54, 1.807) is 57.2 Å². The molecule has 1 aliphatic rings. The van der Waals surface area contributed by atoms with E-state index in [2.05, 4.69) is 0 Å². The van der Waals surface area contributed by atoms with Gasteiger partial charge in [0.2, 0.25) is 0 Å². The van der Waals surface area contributed by atoms with Crippen LogP contribution >= 0.6 is 0 Å². The number of hydrogen-bond acceptors (Lipinski definition) is 7. The van der Waals surface area contributed by atoms with Gasteiger partial charge in [-0.3, -0.25) is 9.59 Å². The first-order valence-corrected chi connectivity index (χ1v) is 9.28. The zero-order chi connectivity index (χ0) is 21.6. The van der Waals surface area contributed by atoms with Gasteiger partial charge in [-0.25, -0.2) is 9.69 Å². The fourth-order valence-electron chi connectivity index (χ4n) is 2.67. The maximum Gasteiger partial charge on any atom is 0.417 e. The summed E-state index contributed by atoms with van der Waals surface area (Å²) in [6.07, 6.45) is 0.236. The van der Waals surface area contributed by atoms with Crippen molar-refractivity contribution in [1.29, 1.82) is 0 Å². The number of ether oxygens (including phenoxy) is 4. The smallest absolute Gasteiger partial charge is 0.417 e. The second-order valence-electron chi connectivity index (χ2n) is 7.51. The topological polar surface area (TPSA) is 91.4 Å². The molecule has 1 aliphatic heterocycles. The van der Waals surface area contributed by atoms with E-state index < -0.39 is 42.1 Å². The third kappa shape index (κ3) is 6.90. The fraction of sp³-hybridized carbons (Fsp3) is 0.476. The van der Waals surface area contributed by atoms with Crippen molar-refractivity contribution in [2.75, 3.05) is 11.5 Å². The summed E-state index contributed by atoms with van der Waals surface area (Å²) in [5.41, 5.74) is -0.145. The summed E-state index contributed by atoms with van der Waals surface area (Å²) in [6, 6.07) is 8.91. The number of rotatable bonds is 5. The predicted molar refractivity (Wildman–Crippen MR) is 105 cm³/mol. The second kappa shape index (κ2) is 9.56. The largest absolute Gasteiger partial charge is 0.463 e. The van der Waals surface area contributed by atoms with Crippen molar-refractivity contribution in [3.63, 3.8) is 0 Å². The lowest BCUT2D eigenvalue weighted by Crippen LogP contribution is -2.50. The number of anilines is 1. The molecule has 1 heterocycles. The highest BCUT2D eigenvalue weighted by atomic mass is 16.6. The number of esters is 2. The number of nitrogens with zero attached hydrogens (tertiary/aromatic N) is 1. The zero-order valence-electron chi connectivity index (χ0n) is 17.3. The summed E-state index contributed by atoms with van der Waals surface area (Å²) in [5.74, 6) is -0.991. The maximum atomic E-state index is 12.9.